The Labute approximate surface area is 212 Å². The number of nitrogens with one attached hydrogen (secondary N) is 2. The summed E-state index contributed by atoms with van der Waals surface area (Å²) in [6.45, 7) is 8.53. The molecule has 2 aromatic carbocycles. The Bertz CT molecular complexity index is 1090. The molecule has 3 amide bonds. The molecule has 0 aromatic heterocycles. The summed E-state index contributed by atoms with van der Waals surface area (Å²) < 4.78 is -0.482. The van der Waals surface area contributed by atoms with Crippen molar-refractivity contribution in [3.63, 3.8) is 0 Å². The molecule has 1 fully saturated rings. The molecule has 2 aromatic rings. The molecule has 35 heavy (non-hydrogen) atoms. The van der Waals surface area contributed by atoms with Crippen LogP contribution in [0.15, 0.2) is 54.6 Å². The molecule has 2 aliphatic heterocycles. The van der Waals surface area contributed by atoms with Gasteiger partial charge in [0, 0.05) is 16.9 Å². The van der Waals surface area contributed by atoms with Gasteiger partial charge in [-0.05, 0) is 49.8 Å². The SMILES string of the molecule is CC[C@H](C)[C@H](NC(=O)[C@@H]1N2C(=O)c3ccccc3[C@@H]2SC1(C)C)C(=O)NCCCc1ccccc1. The van der Waals surface area contributed by atoms with Gasteiger partial charge in [0.15, 0.2) is 0 Å². The third kappa shape index (κ3) is 5.10. The zero-order valence-corrected chi connectivity index (χ0v) is 21.7. The molecule has 4 atom stereocenters. The van der Waals surface area contributed by atoms with E-state index in [4.69, 9.17) is 0 Å². The predicted octanol–water partition coefficient (Wildman–Crippen LogP) is 4.31. The molecule has 0 radical (unpaired) electrons. The van der Waals surface area contributed by atoms with Crippen LogP contribution >= 0.6 is 11.8 Å². The minimum atomic E-state index is -0.658. The van der Waals surface area contributed by atoms with E-state index in [1.807, 2.05) is 70.2 Å². The fraction of sp³-hybridized carbons (Fsp3) is 0.464. The zero-order chi connectivity index (χ0) is 25.2. The van der Waals surface area contributed by atoms with Crippen LogP contribution in [0, 0.1) is 5.92 Å². The molecule has 0 bridgehead atoms. The summed E-state index contributed by atoms with van der Waals surface area (Å²) in [5.74, 6) is -0.588. The topological polar surface area (TPSA) is 78.5 Å². The summed E-state index contributed by atoms with van der Waals surface area (Å²) in [6, 6.07) is 16.4. The van der Waals surface area contributed by atoms with Crippen LogP contribution in [0.4, 0.5) is 0 Å². The summed E-state index contributed by atoms with van der Waals surface area (Å²) in [4.78, 5) is 41.7. The molecule has 0 spiro atoms. The van der Waals surface area contributed by atoms with E-state index in [2.05, 4.69) is 22.8 Å². The average Bonchev–Trinajstić information content (AvgIpc) is 3.29. The van der Waals surface area contributed by atoms with Crippen molar-refractivity contribution >= 4 is 29.5 Å². The van der Waals surface area contributed by atoms with Crippen molar-refractivity contribution in [1.82, 2.24) is 15.5 Å². The highest BCUT2D eigenvalue weighted by Crippen LogP contribution is 2.56. The van der Waals surface area contributed by atoms with Gasteiger partial charge in [-0.2, -0.15) is 0 Å². The number of hydrogen-bond acceptors (Lipinski definition) is 4. The van der Waals surface area contributed by atoms with Crippen molar-refractivity contribution in [3.8, 4) is 0 Å². The molecule has 0 saturated carbocycles. The van der Waals surface area contributed by atoms with Crippen molar-refractivity contribution in [3.05, 3.63) is 71.3 Å². The minimum Gasteiger partial charge on any atom is -0.354 e. The number of aryl methyl sites for hydroxylation is 1. The second kappa shape index (κ2) is 10.4. The van der Waals surface area contributed by atoms with Crippen LogP contribution in [0.2, 0.25) is 0 Å². The highest BCUT2D eigenvalue weighted by Gasteiger charge is 2.57. The Morgan fingerprint density at radius 2 is 1.77 bits per heavy atom. The highest BCUT2D eigenvalue weighted by atomic mass is 32.2. The Hall–Kier alpha value is -2.80. The lowest BCUT2D eigenvalue weighted by Gasteiger charge is -2.32. The standard InChI is InChI=1S/C28H35N3O3S/c1-5-18(2)22(24(32)29-17-11-14-19-12-7-6-8-13-19)30-25(33)23-28(3,4)35-27-21-16-10-9-15-20(21)26(34)31(23)27/h6-10,12-13,15-16,18,22-23,27H,5,11,14,17H2,1-4H3,(H,29,32)(H,30,33)/t18-,22-,23-,27-/m0/s1. The highest BCUT2D eigenvalue weighted by molar-refractivity contribution is 8.01. The lowest BCUT2D eigenvalue weighted by Crippen LogP contribution is -2.58. The van der Waals surface area contributed by atoms with Gasteiger partial charge in [-0.3, -0.25) is 14.4 Å². The molecule has 6 nitrogen and oxygen atoms in total. The van der Waals surface area contributed by atoms with E-state index in [1.54, 1.807) is 16.7 Å². The molecular formula is C28H35N3O3S. The van der Waals surface area contributed by atoms with Crippen LogP contribution in [-0.2, 0) is 16.0 Å². The van der Waals surface area contributed by atoms with E-state index in [9.17, 15) is 14.4 Å². The Kier molecular flexibility index (Phi) is 7.55. The molecule has 0 aliphatic carbocycles. The molecular weight excluding hydrogens is 458 g/mol. The van der Waals surface area contributed by atoms with Gasteiger partial charge in [-0.25, -0.2) is 0 Å². The third-order valence-electron chi connectivity index (χ3n) is 7.12. The molecule has 186 valence electrons. The molecule has 4 rings (SSSR count). The summed E-state index contributed by atoms with van der Waals surface area (Å²) in [5, 5.41) is 5.86. The van der Waals surface area contributed by atoms with Crippen LogP contribution in [0.5, 0.6) is 0 Å². The van der Waals surface area contributed by atoms with E-state index in [-0.39, 0.29) is 29.0 Å². The fourth-order valence-corrected chi connectivity index (χ4v) is 6.59. The smallest absolute Gasteiger partial charge is 0.256 e. The van der Waals surface area contributed by atoms with Gasteiger partial charge in [0.25, 0.3) is 5.91 Å². The molecule has 0 unspecified atom stereocenters. The fourth-order valence-electron chi connectivity index (χ4n) is 5.00. The maximum absolute atomic E-state index is 13.7. The zero-order valence-electron chi connectivity index (χ0n) is 20.9. The summed E-state index contributed by atoms with van der Waals surface area (Å²) >= 11 is 1.63. The number of rotatable bonds is 9. The van der Waals surface area contributed by atoms with E-state index >= 15 is 0 Å². The van der Waals surface area contributed by atoms with E-state index in [0.29, 0.717) is 12.1 Å². The summed E-state index contributed by atoms with van der Waals surface area (Å²) in [5.41, 5.74) is 2.86. The first-order valence-corrected chi connectivity index (χ1v) is 13.3. The first-order valence-electron chi connectivity index (χ1n) is 12.5. The first kappa shape index (κ1) is 25.3. The van der Waals surface area contributed by atoms with Gasteiger partial charge in [0.05, 0.1) is 0 Å². The van der Waals surface area contributed by atoms with Gasteiger partial charge >= 0.3 is 0 Å². The average molecular weight is 494 g/mol. The van der Waals surface area contributed by atoms with Crippen LogP contribution < -0.4 is 10.6 Å². The monoisotopic (exact) mass is 493 g/mol. The number of benzene rings is 2. The molecule has 2 heterocycles. The van der Waals surface area contributed by atoms with Crippen molar-refractivity contribution in [2.24, 2.45) is 5.92 Å². The first-order chi connectivity index (χ1) is 16.7. The molecule has 2 aliphatic rings. The maximum Gasteiger partial charge on any atom is 0.256 e. The van der Waals surface area contributed by atoms with Crippen molar-refractivity contribution in [2.75, 3.05) is 6.54 Å². The number of carbonyl (C=O) groups is 3. The van der Waals surface area contributed by atoms with Crippen LogP contribution in [-0.4, -0.2) is 46.0 Å². The van der Waals surface area contributed by atoms with Gasteiger partial charge in [-0.15, -0.1) is 11.8 Å². The van der Waals surface area contributed by atoms with Crippen molar-refractivity contribution < 1.29 is 14.4 Å². The van der Waals surface area contributed by atoms with Gasteiger partial charge in [0.2, 0.25) is 11.8 Å². The number of nitrogens with zero attached hydrogens (tertiary/aromatic N) is 1. The number of fused-ring (bicyclic) bond motifs is 3. The predicted molar refractivity (Wildman–Crippen MR) is 140 cm³/mol. The van der Waals surface area contributed by atoms with Crippen LogP contribution in [0.25, 0.3) is 0 Å². The number of hydrogen-bond donors (Lipinski definition) is 2. The molecule has 7 heteroatoms. The van der Waals surface area contributed by atoms with E-state index < -0.39 is 16.8 Å². The molecule has 1 saturated heterocycles. The second-order valence-corrected chi connectivity index (χ2v) is 11.8. The normalized spacial score (nSPS) is 21.7. The van der Waals surface area contributed by atoms with Gasteiger partial charge < -0.3 is 15.5 Å². The van der Waals surface area contributed by atoms with Crippen LogP contribution in [0.3, 0.4) is 0 Å². The number of carbonyl (C=O) groups excluding carboxylic acids is 3. The van der Waals surface area contributed by atoms with Crippen molar-refractivity contribution in [1.29, 1.82) is 0 Å². The number of amides is 3. The summed E-state index contributed by atoms with van der Waals surface area (Å²) in [7, 11) is 0. The van der Waals surface area contributed by atoms with Gasteiger partial charge in [-0.1, -0.05) is 68.8 Å². The third-order valence-corrected chi connectivity index (χ3v) is 8.66. The quantitative estimate of drug-likeness (QED) is 0.510. The minimum absolute atomic E-state index is 0.0347. The Morgan fingerprint density at radius 3 is 2.49 bits per heavy atom. The number of thioether (sulfide) groups is 1. The largest absolute Gasteiger partial charge is 0.354 e. The van der Waals surface area contributed by atoms with Crippen LogP contribution in [0.1, 0.15) is 67.4 Å². The van der Waals surface area contributed by atoms with E-state index in [1.165, 1.54) is 5.56 Å². The lowest BCUT2D eigenvalue weighted by atomic mass is 9.95. The Balaban J connectivity index is 1.43. The molecule has 2 N–H and O–H groups in total. The van der Waals surface area contributed by atoms with Crippen molar-refractivity contribution in [2.45, 2.75) is 69.2 Å². The lowest BCUT2D eigenvalue weighted by molar-refractivity contribution is -0.133. The van der Waals surface area contributed by atoms with Gasteiger partial charge in [0.1, 0.15) is 17.5 Å². The maximum atomic E-state index is 13.7. The second-order valence-electron chi connectivity index (χ2n) is 10.0. The Morgan fingerprint density at radius 1 is 1.09 bits per heavy atom. The van der Waals surface area contributed by atoms with E-state index in [0.717, 1.165) is 24.8 Å². The summed E-state index contributed by atoms with van der Waals surface area (Å²) in [6.07, 6.45) is 2.46.